The van der Waals surface area contributed by atoms with Crippen LogP contribution in [0, 0.1) is 0 Å². The van der Waals surface area contributed by atoms with E-state index in [0.717, 1.165) is 11.1 Å². The van der Waals surface area contributed by atoms with Crippen molar-refractivity contribution in [2.24, 2.45) is 0 Å². The third-order valence-corrected chi connectivity index (χ3v) is 8.15. The average Bonchev–Trinajstić information content (AvgIpc) is 3.30. The molecule has 0 radical (unpaired) electrons. The fourth-order valence-corrected chi connectivity index (χ4v) is 6.00. The van der Waals surface area contributed by atoms with Crippen LogP contribution < -0.4 is 5.32 Å². The Bertz CT molecular complexity index is 1470. The molecule has 41 heavy (non-hydrogen) atoms. The van der Waals surface area contributed by atoms with Gasteiger partial charge >= 0.3 is 0 Å². The number of imide groups is 1. The SMILES string of the molecule is O=C1CCC(N2Cc3cc(C(=O)N4CCN(C(c5ccc(O)cc5)c5ccc(O)cc5)CC4)ccc3C2=O)C(=O)N1. The summed E-state index contributed by atoms with van der Waals surface area (Å²) in [6, 6.07) is 18.4. The van der Waals surface area contributed by atoms with Crippen molar-refractivity contribution in [2.75, 3.05) is 26.2 Å². The molecule has 10 nitrogen and oxygen atoms in total. The van der Waals surface area contributed by atoms with Gasteiger partial charge in [-0.1, -0.05) is 24.3 Å². The molecule has 210 valence electrons. The van der Waals surface area contributed by atoms with E-state index in [1.807, 2.05) is 24.3 Å². The molecule has 6 rings (SSSR count). The minimum absolute atomic E-state index is 0.113. The van der Waals surface area contributed by atoms with Gasteiger partial charge in [0.05, 0.1) is 6.04 Å². The van der Waals surface area contributed by atoms with Crippen LogP contribution in [0.3, 0.4) is 0 Å². The van der Waals surface area contributed by atoms with E-state index >= 15 is 0 Å². The number of benzene rings is 3. The van der Waals surface area contributed by atoms with E-state index in [1.165, 1.54) is 4.90 Å². The van der Waals surface area contributed by atoms with Crippen molar-refractivity contribution >= 4 is 23.6 Å². The molecule has 3 N–H and O–H groups in total. The third-order valence-electron chi connectivity index (χ3n) is 8.15. The zero-order chi connectivity index (χ0) is 28.7. The Labute approximate surface area is 236 Å². The van der Waals surface area contributed by atoms with Gasteiger partial charge in [0.25, 0.3) is 11.8 Å². The quantitative estimate of drug-likeness (QED) is 0.413. The maximum Gasteiger partial charge on any atom is 0.255 e. The van der Waals surface area contributed by atoms with Gasteiger partial charge in [-0.3, -0.25) is 29.4 Å². The van der Waals surface area contributed by atoms with Crippen LogP contribution in [0.15, 0.2) is 66.7 Å². The monoisotopic (exact) mass is 554 g/mol. The van der Waals surface area contributed by atoms with Crippen LogP contribution in [0.25, 0.3) is 0 Å². The second kappa shape index (κ2) is 10.7. The molecule has 3 aliphatic heterocycles. The van der Waals surface area contributed by atoms with Crippen molar-refractivity contribution < 1.29 is 29.4 Å². The Morgan fingerprint density at radius 3 is 2.02 bits per heavy atom. The molecular formula is C31H30N4O6. The highest BCUT2D eigenvalue weighted by Crippen LogP contribution is 2.32. The Morgan fingerprint density at radius 1 is 0.829 bits per heavy atom. The molecule has 3 heterocycles. The van der Waals surface area contributed by atoms with Gasteiger partial charge in [-0.05, 0) is 65.6 Å². The second-order valence-corrected chi connectivity index (χ2v) is 10.7. The Kier molecular flexibility index (Phi) is 6.92. The van der Waals surface area contributed by atoms with E-state index in [0.29, 0.717) is 42.9 Å². The van der Waals surface area contributed by atoms with E-state index in [9.17, 15) is 29.4 Å². The first-order valence-corrected chi connectivity index (χ1v) is 13.7. The van der Waals surface area contributed by atoms with Gasteiger partial charge in [0.15, 0.2) is 0 Å². The largest absolute Gasteiger partial charge is 0.508 e. The van der Waals surface area contributed by atoms with E-state index in [4.69, 9.17) is 0 Å². The van der Waals surface area contributed by atoms with Crippen LogP contribution in [0.4, 0.5) is 0 Å². The summed E-state index contributed by atoms with van der Waals surface area (Å²) >= 11 is 0. The highest BCUT2D eigenvalue weighted by Gasteiger charge is 2.39. The lowest BCUT2D eigenvalue weighted by molar-refractivity contribution is -0.136. The van der Waals surface area contributed by atoms with E-state index < -0.39 is 11.9 Å². The normalized spacial score (nSPS) is 19.4. The summed E-state index contributed by atoms with van der Waals surface area (Å²) in [7, 11) is 0. The highest BCUT2D eigenvalue weighted by atomic mass is 16.3. The predicted octanol–water partition coefficient (Wildman–Crippen LogP) is 2.41. The first kappa shape index (κ1) is 26.5. The second-order valence-electron chi connectivity index (χ2n) is 10.7. The van der Waals surface area contributed by atoms with Gasteiger partial charge in [0.2, 0.25) is 11.8 Å². The number of nitrogens with one attached hydrogen (secondary N) is 1. The standard InChI is InChI=1S/C31H30N4O6/c36-23-6-1-19(2-7-23)28(20-3-8-24(37)9-4-20)33-13-15-34(16-14-33)30(40)21-5-10-25-22(17-21)18-35(31(25)41)26-11-12-27(38)32-29(26)39/h1-10,17,26,28,36-37H,11-16,18H2,(H,32,38,39). The molecule has 0 aromatic heterocycles. The van der Waals surface area contributed by atoms with Crippen LogP contribution in [-0.4, -0.2) is 80.8 Å². The molecule has 2 fully saturated rings. The van der Waals surface area contributed by atoms with Gasteiger partial charge < -0.3 is 20.0 Å². The number of piperidine rings is 1. The van der Waals surface area contributed by atoms with Gasteiger partial charge in [0.1, 0.15) is 17.5 Å². The summed E-state index contributed by atoms with van der Waals surface area (Å²) in [4.78, 5) is 55.9. The molecule has 3 aliphatic rings. The number of hydrogen-bond acceptors (Lipinski definition) is 7. The molecule has 2 saturated heterocycles. The summed E-state index contributed by atoms with van der Waals surface area (Å²) in [5, 5.41) is 21.9. The van der Waals surface area contributed by atoms with Gasteiger partial charge in [-0.2, -0.15) is 0 Å². The Morgan fingerprint density at radius 2 is 1.44 bits per heavy atom. The molecule has 1 unspecified atom stereocenters. The lowest BCUT2D eigenvalue weighted by atomic mass is 9.96. The number of amides is 4. The van der Waals surface area contributed by atoms with E-state index in [2.05, 4.69) is 10.2 Å². The van der Waals surface area contributed by atoms with Gasteiger partial charge in [-0.25, -0.2) is 0 Å². The maximum absolute atomic E-state index is 13.5. The number of piperazine rings is 1. The van der Waals surface area contributed by atoms with Crippen molar-refractivity contribution in [3.05, 3.63) is 94.5 Å². The molecule has 10 heteroatoms. The molecule has 0 aliphatic carbocycles. The Hall–Kier alpha value is -4.70. The van der Waals surface area contributed by atoms with Crippen LogP contribution in [-0.2, 0) is 16.1 Å². The number of carbonyl (C=O) groups excluding carboxylic acids is 4. The van der Waals surface area contributed by atoms with Gasteiger partial charge in [-0.15, -0.1) is 0 Å². The zero-order valence-electron chi connectivity index (χ0n) is 22.3. The molecule has 0 bridgehead atoms. The number of phenols is 2. The molecular weight excluding hydrogens is 524 g/mol. The van der Waals surface area contributed by atoms with Crippen molar-refractivity contribution in [1.29, 1.82) is 0 Å². The number of fused-ring (bicyclic) bond motifs is 1. The van der Waals surface area contributed by atoms with Crippen molar-refractivity contribution in [3.63, 3.8) is 0 Å². The molecule has 3 aromatic carbocycles. The van der Waals surface area contributed by atoms with E-state index in [-0.39, 0.29) is 54.6 Å². The molecule has 3 aromatic rings. The maximum atomic E-state index is 13.5. The highest BCUT2D eigenvalue weighted by molar-refractivity contribution is 6.06. The summed E-state index contributed by atoms with van der Waals surface area (Å²) in [6.45, 7) is 2.46. The molecule has 1 atom stereocenters. The molecule has 4 amide bonds. The first-order valence-electron chi connectivity index (χ1n) is 13.7. The first-order chi connectivity index (χ1) is 19.8. The number of phenolic OH excluding ortho intramolecular Hbond substituents is 2. The predicted molar refractivity (Wildman–Crippen MR) is 148 cm³/mol. The minimum atomic E-state index is -0.699. The number of aromatic hydroxyl groups is 2. The lowest BCUT2D eigenvalue weighted by Crippen LogP contribution is -2.52. The number of rotatable bonds is 5. The average molecular weight is 555 g/mol. The zero-order valence-corrected chi connectivity index (χ0v) is 22.3. The summed E-state index contributed by atoms with van der Waals surface area (Å²) in [6.07, 6.45) is 0.475. The fourth-order valence-electron chi connectivity index (χ4n) is 6.00. The molecule has 0 saturated carbocycles. The topological polar surface area (TPSA) is 130 Å². The summed E-state index contributed by atoms with van der Waals surface area (Å²) in [5.74, 6) is -0.813. The lowest BCUT2D eigenvalue weighted by Gasteiger charge is -2.40. The number of hydrogen-bond donors (Lipinski definition) is 3. The van der Waals surface area contributed by atoms with Crippen molar-refractivity contribution in [1.82, 2.24) is 20.0 Å². The molecule has 0 spiro atoms. The van der Waals surface area contributed by atoms with Crippen LogP contribution in [0.1, 0.15) is 56.3 Å². The van der Waals surface area contributed by atoms with E-state index in [1.54, 1.807) is 47.4 Å². The van der Waals surface area contributed by atoms with Crippen LogP contribution in [0.2, 0.25) is 0 Å². The Balaban J connectivity index is 1.15. The third kappa shape index (κ3) is 5.14. The van der Waals surface area contributed by atoms with Gasteiger partial charge in [0, 0.05) is 50.3 Å². The minimum Gasteiger partial charge on any atom is -0.508 e. The number of nitrogens with zero attached hydrogens (tertiary/aromatic N) is 3. The van der Waals surface area contributed by atoms with Crippen LogP contribution in [0.5, 0.6) is 11.5 Å². The summed E-state index contributed by atoms with van der Waals surface area (Å²) < 4.78 is 0. The van der Waals surface area contributed by atoms with Crippen molar-refractivity contribution in [2.45, 2.75) is 31.5 Å². The number of carbonyl (C=O) groups is 4. The summed E-state index contributed by atoms with van der Waals surface area (Å²) in [5.41, 5.74) is 3.66. The van der Waals surface area contributed by atoms with Crippen LogP contribution >= 0.6 is 0 Å². The smallest absolute Gasteiger partial charge is 0.255 e. The fraction of sp³-hybridized carbons (Fsp3) is 0.290. The van der Waals surface area contributed by atoms with Crippen molar-refractivity contribution in [3.8, 4) is 11.5 Å².